The Hall–Kier alpha value is -1.89. The van der Waals surface area contributed by atoms with Gasteiger partial charge >= 0.3 is 0 Å². The quantitative estimate of drug-likeness (QED) is 0.454. The lowest BCUT2D eigenvalue weighted by Gasteiger charge is -2.20. The molecule has 1 rings (SSSR count). The van der Waals surface area contributed by atoms with Crippen LogP contribution in [0.3, 0.4) is 0 Å². The van der Waals surface area contributed by atoms with Gasteiger partial charge in [-0.05, 0) is 13.8 Å². The molecule has 0 atom stereocenters. The summed E-state index contributed by atoms with van der Waals surface area (Å²) in [6, 6.07) is 1.77. The van der Waals surface area contributed by atoms with E-state index in [2.05, 4.69) is 15.4 Å². The van der Waals surface area contributed by atoms with Gasteiger partial charge in [-0.15, -0.1) is 0 Å². The number of amides is 1. The number of aryl methyl sites for hydroxylation is 1. The number of primary amides is 1. The van der Waals surface area contributed by atoms with E-state index in [1.807, 2.05) is 13.8 Å². The van der Waals surface area contributed by atoms with Crippen molar-refractivity contribution in [2.24, 2.45) is 11.6 Å². The van der Waals surface area contributed by atoms with Crippen LogP contribution in [0.1, 0.15) is 12.6 Å². The van der Waals surface area contributed by atoms with E-state index in [4.69, 9.17) is 11.6 Å². The van der Waals surface area contributed by atoms with Crippen LogP contribution in [0.15, 0.2) is 6.07 Å². The largest absolute Gasteiger partial charge is 0.368 e. The van der Waals surface area contributed by atoms with Crippen LogP contribution in [-0.4, -0.2) is 29.0 Å². The van der Waals surface area contributed by atoms with E-state index < -0.39 is 5.91 Å². The highest BCUT2D eigenvalue weighted by Crippen LogP contribution is 2.13. The van der Waals surface area contributed by atoms with E-state index in [1.165, 1.54) is 0 Å². The molecule has 0 bridgehead atoms. The number of carbonyl (C=O) groups is 1. The van der Waals surface area contributed by atoms with Crippen molar-refractivity contribution in [3.8, 4) is 0 Å². The number of aromatic nitrogens is 2. The molecule has 0 spiro atoms. The third-order valence-electron chi connectivity index (χ3n) is 2.02. The molecule has 0 aromatic carbocycles. The molecule has 7 heteroatoms. The third kappa shape index (κ3) is 3.06. The van der Waals surface area contributed by atoms with E-state index in [0.29, 0.717) is 18.3 Å². The molecule has 1 aromatic heterocycles. The Balaban J connectivity index is 2.99. The lowest BCUT2D eigenvalue weighted by molar-refractivity contribution is -0.116. The predicted octanol–water partition coefficient (Wildman–Crippen LogP) is -0.618. The first-order valence-corrected chi connectivity index (χ1v) is 4.92. The molecular formula is C9H16N6O. The molecule has 0 unspecified atom stereocenters. The number of rotatable bonds is 5. The average Bonchev–Trinajstić information content (AvgIpc) is 2.24. The second-order valence-electron chi connectivity index (χ2n) is 3.32. The standard InChI is InChI=1S/C9H16N6O/c1-3-15(5-7(10)16)8-4-6(2)12-9(13-8)14-11/h4H,3,5,11H2,1-2H3,(H2,10,16)(H,12,13,14). The number of nitrogen functional groups attached to an aromatic ring is 1. The smallest absolute Gasteiger partial charge is 0.239 e. The Labute approximate surface area is 93.8 Å². The number of nitrogens with zero attached hydrogens (tertiary/aromatic N) is 3. The van der Waals surface area contributed by atoms with Gasteiger partial charge in [0, 0.05) is 18.3 Å². The lowest BCUT2D eigenvalue weighted by Crippen LogP contribution is -2.34. The van der Waals surface area contributed by atoms with Crippen molar-refractivity contribution in [2.75, 3.05) is 23.4 Å². The van der Waals surface area contributed by atoms with Gasteiger partial charge in [-0.25, -0.2) is 10.8 Å². The molecule has 1 amide bonds. The number of hydrogen-bond donors (Lipinski definition) is 3. The summed E-state index contributed by atoms with van der Waals surface area (Å²) < 4.78 is 0. The second-order valence-corrected chi connectivity index (χ2v) is 3.32. The van der Waals surface area contributed by atoms with E-state index >= 15 is 0 Å². The summed E-state index contributed by atoms with van der Waals surface area (Å²) in [4.78, 5) is 20.8. The molecule has 1 aromatic rings. The minimum absolute atomic E-state index is 0.122. The Bertz CT molecular complexity index is 380. The molecule has 0 radical (unpaired) electrons. The van der Waals surface area contributed by atoms with E-state index in [-0.39, 0.29) is 6.54 Å². The highest BCUT2D eigenvalue weighted by molar-refractivity contribution is 5.79. The summed E-state index contributed by atoms with van der Waals surface area (Å²) in [5.74, 6) is 5.79. The van der Waals surface area contributed by atoms with Crippen molar-refractivity contribution in [1.82, 2.24) is 9.97 Å². The fraction of sp³-hybridized carbons (Fsp3) is 0.444. The van der Waals surface area contributed by atoms with Crippen LogP contribution >= 0.6 is 0 Å². The summed E-state index contributed by atoms with van der Waals surface area (Å²) in [7, 11) is 0. The highest BCUT2D eigenvalue weighted by atomic mass is 16.1. The molecule has 88 valence electrons. The first-order chi connectivity index (χ1) is 7.56. The number of hydrogen-bond acceptors (Lipinski definition) is 6. The summed E-state index contributed by atoms with van der Waals surface area (Å²) in [5, 5.41) is 0. The molecule has 0 fully saturated rings. The molecule has 0 saturated heterocycles. The van der Waals surface area contributed by atoms with Crippen LogP contribution < -0.4 is 21.9 Å². The Morgan fingerprint density at radius 3 is 2.75 bits per heavy atom. The molecule has 0 aliphatic rings. The van der Waals surface area contributed by atoms with Gasteiger partial charge in [-0.3, -0.25) is 10.2 Å². The SMILES string of the molecule is CCN(CC(N)=O)c1cc(C)nc(NN)n1. The number of nitrogens with two attached hydrogens (primary N) is 2. The molecule has 7 nitrogen and oxygen atoms in total. The number of nitrogens with one attached hydrogen (secondary N) is 1. The highest BCUT2D eigenvalue weighted by Gasteiger charge is 2.10. The minimum atomic E-state index is -0.402. The normalized spacial score (nSPS) is 9.94. The minimum Gasteiger partial charge on any atom is -0.368 e. The van der Waals surface area contributed by atoms with Crippen LogP contribution in [-0.2, 0) is 4.79 Å². The third-order valence-corrected chi connectivity index (χ3v) is 2.02. The van der Waals surface area contributed by atoms with Crippen LogP contribution in [0.5, 0.6) is 0 Å². The van der Waals surface area contributed by atoms with Gasteiger partial charge in [0.15, 0.2) is 0 Å². The maximum atomic E-state index is 10.9. The summed E-state index contributed by atoms with van der Waals surface area (Å²) in [6.07, 6.45) is 0. The summed E-state index contributed by atoms with van der Waals surface area (Å²) >= 11 is 0. The van der Waals surface area contributed by atoms with Crippen molar-refractivity contribution in [2.45, 2.75) is 13.8 Å². The molecular weight excluding hydrogens is 208 g/mol. The van der Waals surface area contributed by atoms with Crippen molar-refractivity contribution >= 4 is 17.7 Å². The van der Waals surface area contributed by atoms with E-state index in [1.54, 1.807) is 11.0 Å². The molecule has 5 N–H and O–H groups in total. The summed E-state index contributed by atoms with van der Waals surface area (Å²) in [6.45, 7) is 4.49. The van der Waals surface area contributed by atoms with Crippen LogP contribution in [0.2, 0.25) is 0 Å². The number of anilines is 2. The first-order valence-electron chi connectivity index (χ1n) is 4.92. The van der Waals surface area contributed by atoms with Gasteiger partial charge in [0.25, 0.3) is 0 Å². The van der Waals surface area contributed by atoms with Gasteiger partial charge in [0.05, 0.1) is 6.54 Å². The molecule has 0 saturated carbocycles. The van der Waals surface area contributed by atoms with Crippen molar-refractivity contribution in [3.63, 3.8) is 0 Å². The number of hydrazine groups is 1. The Kier molecular flexibility index (Phi) is 4.01. The topological polar surface area (TPSA) is 110 Å². The maximum absolute atomic E-state index is 10.9. The molecule has 1 heterocycles. The monoisotopic (exact) mass is 224 g/mol. The van der Waals surface area contributed by atoms with E-state index in [9.17, 15) is 4.79 Å². The molecule has 0 aliphatic carbocycles. The Morgan fingerprint density at radius 1 is 1.56 bits per heavy atom. The fourth-order valence-electron chi connectivity index (χ4n) is 1.32. The van der Waals surface area contributed by atoms with E-state index in [0.717, 1.165) is 5.69 Å². The fourth-order valence-corrected chi connectivity index (χ4v) is 1.32. The Morgan fingerprint density at radius 2 is 2.25 bits per heavy atom. The number of carbonyl (C=O) groups excluding carboxylic acids is 1. The van der Waals surface area contributed by atoms with Gasteiger partial charge < -0.3 is 10.6 Å². The number of likely N-dealkylation sites (N-methyl/N-ethyl adjacent to an activating group) is 1. The van der Waals surface area contributed by atoms with Gasteiger partial charge in [0.1, 0.15) is 5.82 Å². The molecule has 0 aliphatic heterocycles. The summed E-state index contributed by atoms with van der Waals surface area (Å²) in [5.41, 5.74) is 8.29. The zero-order valence-corrected chi connectivity index (χ0v) is 9.40. The van der Waals surface area contributed by atoms with Crippen LogP contribution in [0.25, 0.3) is 0 Å². The average molecular weight is 224 g/mol. The zero-order valence-electron chi connectivity index (χ0n) is 9.40. The molecule has 16 heavy (non-hydrogen) atoms. The zero-order chi connectivity index (χ0) is 12.1. The van der Waals surface area contributed by atoms with Crippen molar-refractivity contribution in [3.05, 3.63) is 11.8 Å². The van der Waals surface area contributed by atoms with Crippen molar-refractivity contribution < 1.29 is 4.79 Å². The van der Waals surface area contributed by atoms with Crippen LogP contribution in [0, 0.1) is 6.92 Å². The van der Waals surface area contributed by atoms with Gasteiger partial charge in [-0.1, -0.05) is 0 Å². The predicted molar refractivity (Wildman–Crippen MR) is 61.7 cm³/mol. The lowest BCUT2D eigenvalue weighted by atomic mass is 10.3. The first kappa shape index (κ1) is 12.2. The van der Waals surface area contributed by atoms with Gasteiger partial charge in [0.2, 0.25) is 11.9 Å². The second kappa shape index (κ2) is 5.26. The maximum Gasteiger partial charge on any atom is 0.239 e. The van der Waals surface area contributed by atoms with Crippen LogP contribution in [0.4, 0.5) is 11.8 Å². The van der Waals surface area contributed by atoms with Crippen molar-refractivity contribution in [1.29, 1.82) is 0 Å². The van der Waals surface area contributed by atoms with Gasteiger partial charge in [-0.2, -0.15) is 4.98 Å².